The maximum atomic E-state index is 13.8. The summed E-state index contributed by atoms with van der Waals surface area (Å²) in [5.74, 6) is -2.21. The number of aliphatic hydroxyl groups is 1. The Bertz CT molecular complexity index is 1440. The number of alkyl halides is 6. The van der Waals surface area contributed by atoms with Crippen molar-refractivity contribution in [1.82, 2.24) is 9.88 Å². The average Bonchev–Trinajstić information content (AvgIpc) is 3.33. The van der Waals surface area contributed by atoms with E-state index in [0.29, 0.717) is 50.7 Å². The van der Waals surface area contributed by atoms with Crippen LogP contribution in [-0.4, -0.2) is 51.3 Å². The highest BCUT2D eigenvalue weighted by atomic mass is 19.4. The number of aromatic nitrogens is 1. The number of hydrogen-bond acceptors (Lipinski definition) is 7. The van der Waals surface area contributed by atoms with Crippen molar-refractivity contribution in [3.63, 3.8) is 0 Å². The molecule has 5 unspecified atom stereocenters. The molecule has 46 heavy (non-hydrogen) atoms. The summed E-state index contributed by atoms with van der Waals surface area (Å²) in [4.78, 5) is 29.6. The molecular weight excluding hydrogens is 622 g/mol. The Morgan fingerprint density at radius 3 is 2.61 bits per heavy atom. The molecule has 8 nitrogen and oxygen atoms in total. The van der Waals surface area contributed by atoms with Crippen LogP contribution in [0.2, 0.25) is 0 Å². The number of likely N-dealkylation sites (tertiary alicyclic amines) is 1. The van der Waals surface area contributed by atoms with Gasteiger partial charge in [0, 0.05) is 30.7 Å². The summed E-state index contributed by atoms with van der Waals surface area (Å²) in [5, 5.41) is 11.2. The van der Waals surface area contributed by atoms with E-state index >= 15 is 0 Å². The number of carbonyl (C=O) groups excluding carboxylic acids is 1. The van der Waals surface area contributed by atoms with E-state index in [-0.39, 0.29) is 30.7 Å². The number of pyridine rings is 1. The van der Waals surface area contributed by atoms with Crippen LogP contribution in [0, 0.1) is 5.92 Å². The molecule has 1 N–H and O–H groups in total. The van der Waals surface area contributed by atoms with Gasteiger partial charge in [0.05, 0.1) is 17.1 Å². The van der Waals surface area contributed by atoms with Gasteiger partial charge in [-0.1, -0.05) is 25.1 Å². The van der Waals surface area contributed by atoms with Crippen molar-refractivity contribution in [3.8, 4) is 0 Å². The maximum absolute atomic E-state index is 13.8. The van der Waals surface area contributed by atoms with Crippen molar-refractivity contribution in [1.29, 1.82) is 0 Å². The van der Waals surface area contributed by atoms with Gasteiger partial charge < -0.3 is 19.5 Å². The molecule has 5 rings (SSSR count). The van der Waals surface area contributed by atoms with Crippen LogP contribution < -0.4 is 0 Å². The van der Waals surface area contributed by atoms with Crippen molar-refractivity contribution in [2.24, 2.45) is 5.92 Å². The lowest BCUT2D eigenvalue weighted by Gasteiger charge is -2.40. The minimum atomic E-state index is -5.09. The zero-order valence-corrected chi connectivity index (χ0v) is 25.6. The number of rotatable bonds is 7. The van der Waals surface area contributed by atoms with Gasteiger partial charge in [0.2, 0.25) is 11.6 Å². The van der Waals surface area contributed by atoms with Gasteiger partial charge in [0.25, 0.3) is 0 Å². The van der Waals surface area contributed by atoms with Crippen molar-refractivity contribution in [3.05, 3.63) is 53.7 Å². The number of piperidine rings is 1. The van der Waals surface area contributed by atoms with E-state index in [4.69, 9.17) is 19.2 Å². The molecule has 0 radical (unpaired) electrons. The molecule has 3 heterocycles. The lowest BCUT2D eigenvalue weighted by molar-refractivity contribution is -0.361. The first-order valence-electron chi connectivity index (χ1n) is 15.5. The van der Waals surface area contributed by atoms with Crippen LogP contribution in [0.25, 0.3) is 10.9 Å². The van der Waals surface area contributed by atoms with Gasteiger partial charge in [-0.25, -0.2) is 9.78 Å². The number of carbonyl (C=O) groups is 1. The molecule has 1 aromatic carbocycles. The molecule has 3 aliphatic rings. The largest absolute Gasteiger partial charge is 0.446 e. The topological polar surface area (TPSA) is 90.4 Å². The fourth-order valence-corrected chi connectivity index (χ4v) is 6.91. The fraction of sp³-hybridized carbons (Fsp3) is 0.625. The molecule has 2 aliphatic heterocycles. The number of amides is 1. The summed E-state index contributed by atoms with van der Waals surface area (Å²) in [6.45, 7) is 7.72. The number of nitrogens with zero attached hydrogens (tertiary/aromatic N) is 2. The SMILES string of the molecule is C=CCC(CC)C1(C)OOC2(CCCC(OC(=O)N3CCCCC3[C@@H](O)c3cc(C(F)(F)F)nc4c(C(F)(F)F)cccc34)C2)O1. The quantitative estimate of drug-likeness (QED) is 0.182. The number of allylic oxidation sites excluding steroid dienone is 1. The Kier molecular flexibility index (Phi) is 9.67. The lowest BCUT2D eigenvalue weighted by Crippen LogP contribution is -2.49. The number of aliphatic hydroxyl groups excluding tert-OH is 1. The standard InChI is InChI=1S/C32H38F6N2O6/c1-4-10-19(5-2)29(3)44-30(46-45-29)15-9-11-20(18-30)43-28(42)40-16-7-6-14-24(40)27(41)22-17-25(32(36,37)38)39-26-21(22)12-8-13-23(26)31(33,34)35/h4,8,12-13,17,19-20,24,27,41H,1,5-7,9-11,14-16,18H2,2-3H3/t19?,20?,24?,27-,29?,30?/m0/s1. The summed E-state index contributed by atoms with van der Waals surface area (Å²) >= 11 is 0. The van der Waals surface area contributed by atoms with Gasteiger partial charge in [-0.15, -0.1) is 6.58 Å². The molecule has 1 aliphatic carbocycles. The minimum Gasteiger partial charge on any atom is -0.446 e. The fourth-order valence-electron chi connectivity index (χ4n) is 6.91. The highest BCUT2D eigenvalue weighted by Gasteiger charge is 2.55. The predicted octanol–water partition coefficient (Wildman–Crippen LogP) is 8.23. The van der Waals surface area contributed by atoms with Crippen LogP contribution >= 0.6 is 0 Å². The molecule has 2 saturated heterocycles. The van der Waals surface area contributed by atoms with E-state index in [0.717, 1.165) is 12.5 Å². The van der Waals surface area contributed by atoms with Gasteiger partial charge >= 0.3 is 18.4 Å². The smallest absolute Gasteiger partial charge is 0.433 e. The second-order valence-corrected chi connectivity index (χ2v) is 12.4. The van der Waals surface area contributed by atoms with Gasteiger partial charge in [-0.05, 0) is 69.6 Å². The summed E-state index contributed by atoms with van der Waals surface area (Å²) in [5.41, 5.74) is -4.27. The Balaban J connectivity index is 1.38. The number of benzene rings is 1. The predicted molar refractivity (Wildman–Crippen MR) is 153 cm³/mol. The van der Waals surface area contributed by atoms with E-state index in [1.807, 2.05) is 6.92 Å². The average molecular weight is 661 g/mol. The van der Waals surface area contributed by atoms with Crippen molar-refractivity contribution >= 4 is 17.0 Å². The first-order chi connectivity index (χ1) is 21.6. The second kappa shape index (κ2) is 12.9. The zero-order valence-electron chi connectivity index (χ0n) is 25.6. The van der Waals surface area contributed by atoms with Gasteiger partial charge in [0.15, 0.2) is 0 Å². The number of hydrogen-bond donors (Lipinski definition) is 1. The molecule has 0 bridgehead atoms. The molecule has 2 aromatic rings. The number of ether oxygens (including phenoxy) is 2. The van der Waals surface area contributed by atoms with E-state index in [1.54, 1.807) is 13.0 Å². The van der Waals surface area contributed by atoms with Crippen LogP contribution in [0.4, 0.5) is 31.1 Å². The summed E-state index contributed by atoms with van der Waals surface area (Å²) in [7, 11) is 0. The Morgan fingerprint density at radius 1 is 1.17 bits per heavy atom. The van der Waals surface area contributed by atoms with Gasteiger partial charge in [-0.3, -0.25) is 0 Å². The van der Waals surface area contributed by atoms with Crippen molar-refractivity contribution in [2.45, 2.75) is 114 Å². The highest BCUT2D eigenvalue weighted by molar-refractivity contribution is 5.86. The molecule has 3 fully saturated rings. The summed E-state index contributed by atoms with van der Waals surface area (Å²) in [6.07, 6.45) is -7.11. The lowest BCUT2D eigenvalue weighted by atomic mass is 9.89. The van der Waals surface area contributed by atoms with E-state index in [9.17, 15) is 36.2 Å². The van der Waals surface area contributed by atoms with Crippen LogP contribution in [0.15, 0.2) is 36.9 Å². The first-order valence-corrected chi connectivity index (χ1v) is 15.5. The van der Waals surface area contributed by atoms with Crippen LogP contribution in [-0.2, 0) is 31.6 Å². The van der Waals surface area contributed by atoms with Crippen molar-refractivity contribution in [2.75, 3.05) is 6.54 Å². The maximum Gasteiger partial charge on any atom is 0.433 e. The molecular formula is C32H38F6N2O6. The third-order valence-electron chi connectivity index (χ3n) is 9.26. The van der Waals surface area contributed by atoms with Gasteiger partial charge in [-0.2, -0.15) is 36.1 Å². The van der Waals surface area contributed by atoms with Crippen LogP contribution in [0.5, 0.6) is 0 Å². The summed E-state index contributed by atoms with van der Waals surface area (Å²) < 4.78 is 95.1. The van der Waals surface area contributed by atoms with Crippen LogP contribution in [0.1, 0.15) is 94.6 Å². The van der Waals surface area contributed by atoms with Crippen molar-refractivity contribution < 1.29 is 55.5 Å². The molecule has 1 spiro atoms. The highest BCUT2D eigenvalue weighted by Crippen LogP contribution is 2.48. The number of fused-ring (bicyclic) bond motifs is 1. The first kappa shape index (κ1) is 34.4. The Hall–Kier alpha value is -2.94. The molecule has 254 valence electrons. The van der Waals surface area contributed by atoms with E-state index in [1.165, 1.54) is 11.0 Å². The molecule has 1 saturated carbocycles. The van der Waals surface area contributed by atoms with Crippen LogP contribution in [0.3, 0.4) is 0 Å². The Morgan fingerprint density at radius 2 is 1.93 bits per heavy atom. The molecule has 14 heteroatoms. The third-order valence-corrected chi connectivity index (χ3v) is 9.26. The molecule has 1 amide bonds. The second-order valence-electron chi connectivity index (χ2n) is 12.4. The Labute approximate surface area is 262 Å². The minimum absolute atomic E-state index is 0.0303. The molecule has 1 aromatic heterocycles. The van der Waals surface area contributed by atoms with Gasteiger partial charge in [0.1, 0.15) is 17.9 Å². The summed E-state index contributed by atoms with van der Waals surface area (Å²) in [6, 6.07) is 2.36. The monoisotopic (exact) mass is 660 g/mol. The zero-order chi connectivity index (χ0) is 33.5. The number of para-hydroxylation sites is 1. The van der Waals surface area contributed by atoms with E-state index < -0.39 is 70.6 Å². The van der Waals surface area contributed by atoms with E-state index in [2.05, 4.69) is 11.6 Å². The normalized spacial score (nSPS) is 28.8. The molecule has 6 atom stereocenters. The third kappa shape index (κ3) is 6.85. The number of halogens is 6.